The van der Waals surface area contributed by atoms with E-state index in [4.69, 9.17) is 0 Å². The van der Waals surface area contributed by atoms with E-state index in [0.717, 1.165) is 0 Å². The van der Waals surface area contributed by atoms with E-state index in [1.807, 2.05) is 31.7 Å². The molecule has 0 radical (unpaired) electrons. The molecule has 1 saturated heterocycles. The van der Waals surface area contributed by atoms with Crippen LogP contribution in [-0.4, -0.2) is 70.0 Å². The van der Waals surface area contributed by atoms with E-state index in [1.54, 1.807) is 4.90 Å². The summed E-state index contributed by atoms with van der Waals surface area (Å²) in [4.78, 5) is 20.4. The van der Waals surface area contributed by atoms with Crippen LogP contribution in [0.5, 0.6) is 0 Å². The van der Waals surface area contributed by atoms with Crippen LogP contribution in [0, 0.1) is 17.2 Å². The zero-order valence-corrected chi connectivity index (χ0v) is 22.9. The standard InChI is InChI=1S/C23H25F3N8O3S2/c1-13(2)20(35)32-6-7-33(14(3)10-32)16-8-15(39(36,37)31-22(12-27)4-5-22)11-34-17(16)9-28-18(34)19-29-30-21(38-19)23(24,25)26/h8-9,11,13-14,31H,4-7,10H2,1-3H3. The first-order chi connectivity index (χ1) is 18.2. The number of nitrogens with one attached hydrogen (secondary N) is 1. The first-order valence-electron chi connectivity index (χ1n) is 12.2. The number of nitrogens with zero attached hydrogens (tertiary/aromatic N) is 7. The highest BCUT2D eigenvalue weighted by atomic mass is 32.2. The highest BCUT2D eigenvalue weighted by Crippen LogP contribution is 2.39. The molecular weight excluding hydrogens is 557 g/mol. The highest BCUT2D eigenvalue weighted by molar-refractivity contribution is 7.89. The Morgan fingerprint density at radius 1 is 1.28 bits per heavy atom. The Bertz CT molecular complexity index is 1590. The Labute approximate surface area is 226 Å². The van der Waals surface area contributed by atoms with Crippen molar-refractivity contribution in [2.75, 3.05) is 24.5 Å². The van der Waals surface area contributed by atoms with Crippen molar-refractivity contribution < 1.29 is 26.4 Å². The van der Waals surface area contributed by atoms with Crippen LogP contribution in [0.3, 0.4) is 0 Å². The number of halogens is 3. The number of piperazine rings is 1. The molecule has 0 bridgehead atoms. The summed E-state index contributed by atoms with van der Waals surface area (Å²) in [6.07, 6.45) is -1.23. The zero-order chi connectivity index (χ0) is 28.3. The second kappa shape index (κ2) is 9.42. The lowest BCUT2D eigenvalue weighted by atomic mass is 10.1. The summed E-state index contributed by atoms with van der Waals surface area (Å²) in [6.45, 7) is 6.76. The normalized spacial score (nSPS) is 19.5. The van der Waals surface area contributed by atoms with Gasteiger partial charge in [-0.2, -0.15) is 23.2 Å². The van der Waals surface area contributed by atoms with E-state index in [9.17, 15) is 31.6 Å². The Kier molecular flexibility index (Phi) is 6.59. The summed E-state index contributed by atoms with van der Waals surface area (Å²) in [5.74, 6) is -0.156. The van der Waals surface area contributed by atoms with Crippen LogP contribution in [-0.2, 0) is 21.0 Å². The lowest BCUT2D eigenvalue weighted by Gasteiger charge is -2.42. The highest BCUT2D eigenvalue weighted by Gasteiger charge is 2.47. The van der Waals surface area contributed by atoms with Crippen LogP contribution in [0.15, 0.2) is 23.4 Å². The minimum absolute atomic E-state index is 0.000932. The number of fused-ring (bicyclic) bond motifs is 1. The van der Waals surface area contributed by atoms with Gasteiger partial charge >= 0.3 is 6.18 Å². The predicted molar refractivity (Wildman–Crippen MR) is 135 cm³/mol. The Hall–Kier alpha value is -3.29. The maximum Gasteiger partial charge on any atom is 0.445 e. The van der Waals surface area contributed by atoms with Gasteiger partial charge in [-0.15, -0.1) is 10.2 Å². The number of pyridine rings is 1. The number of hydrogen-bond donors (Lipinski definition) is 1. The van der Waals surface area contributed by atoms with Crippen molar-refractivity contribution in [2.45, 2.75) is 56.3 Å². The fourth-order valence-electron chi connectivity index (χ4n) is 4.58. The summed E-state index contributed by atoms with van der Waals surface area (Å²) < 4.78 is 70.2. The molecule has 2 fully saturated rings. The summed E-state index contributed by atoms with van der Waals surface area (Å²) in [6, 6.07) is 3.25. The van der Waals surface area contributed by atoms with Gasteiger partial charge in [-0.25, -0.2) is 13.4 Å². The van der Waals surface area contributed by atoms with E-state index in [1.165, 1.54) is 22.9 Å². The molecule has 1 saturated carbocycles. The number of rotatable bonds is 6. The summed E-state index contributed by atoms with van der Waals surface area (Å²) in [5.41, 5.74) is -0.254. The number of anilines is 1. The SMILES string of the molecule is CC(C)C(=O)N1CCN(c2cc(S(=O)(=O)NC3(C#N)CC3)cn3c(-c4nnc(C(F)(F)F)s4)ncc23)C(C)C1. The van der Waals surface area contributed by atoms with E-state index >= 15 is 0 Å². The molecule has 1 N–H and O–H groups in total. The first-order valence-corrected chi connectivity index (χ1v) is 14.5. The maximum absolute atomic E-state index is 13.4. The van der Waals surface area contributed by atoms with Crippen LogP contribution in [0.2, 0.25) is 0 Å². The number of aromatic nitrogens is 4. The molecule has 0 aromatic carbocycles. The third-order valence-corrected chi connectivity index (χ3v) is 9.27. The minimum atomic E-state index is -4.69. The van der Waals surface area contributed by atoms with Crippen LogP contribution in [0.1, 0.15) is 38.6 Å². The largest absolute Gasteiger partial charge is 0.445 e. The van der Waals surface area contributed by atoms with E-state index < -0.39 is 26.7 Å². The van der Waals surface area contributed by atoms with E-state index in [0.29, 0.717) is 55.0 Å². The Morgan fingerprint density at radius 3 is 2.56 bits per heavy atom. The molecule has 11 nitrogen and oxygen atoms in total. The van der Waals surface area contributed by atoms with Crippen molar-refractivity contribution in [3.05, 3.63) is 23.5 Å². The summed E-state index contributed by atoms with van der Waals surface area (Å²) in [7, 11) is -4.19. The maximum atomic E-state index is 13.4. The van der Waals surface area contributed by atoms with Crippen LogP contribution in [0.4, 0.5) is 18.9 Å². The molecule has 3 aromatic heterocycles. The van der Waals surface area contributed by atoms with Gasteiger partial charge in [-0.05, 0) is 25.8 Å². The van der Waals surface area contributed by atoms with Gasteiger partial charge in [0.05, 0.1) is 23.5 Å². The number of amides is 1. The summed E-state index contributed by atoms with van der Waals surface area (Å²) >= 11 is 0.301. The van der Waals surface area contributed by atoms with Crippen molar-refractivity contribution in [3.8, 4) is 16.9 Å². The van der Waals surface area contributed by atoms with Gasteiger partial charge < -0.3 is 9.80 Å². The summed E-state index contributed by atoms with van der Waals surface area (Å²) in [5, 5.41) is 15.0. The number of alkyl halides is 3. The number of hydrogen-bond acceptors (Lipinski definition) is 9. The van der Waals surface area contributed by atoms with Gasteiger partial charge in [0.15, 0.2) is 10.8 Å². The van der Waals surface area contributed by atoms with Gasteiger partial charge in [0.25, 0.3) is 0 Å². The molecule has 1 aliphatic carbocycles. The zero-order valence-electron chi connectivity index (χ0n) is 21.2. The van der Waals surface area contributed by atoms with E-state index in [-0.39, 0.29) is 33.6 Å². The van der Waals surface area contributed by atoms with Crippen molar-refractivity contribution in [2.24, 2.45) is 5.92 Å². The quantitative estimate of drug-likeness (QED) is 0.469. The van der Waals surface area contributed by atoms with Crippen molar-refractivity contribution in [3.63, 3.8) is 0 Å². The third kappa shape index (κ3) is 5.06. The van der Waals surface area contributed by atoms with Crippen molar-refractivity contribution in [1.82, 2.24) is 29.2 Å². The topological polar surface area (TPSA) is 137 Å². The molecule has 5 rings (SSSR count). The second-order valence-corrected chi connectivity index (χ2v) is 12.7. The van der Waals surface area contributed by atoms with Gasteiger partial charge in [-0.1, -0.05) is 25.2 Å². The minimum Gasteiger partial charge on any atom is -0.363 e. The molecule has 1 amide bonds. The van der Waals surface area contributed by atoms with Crippen LogP contribution in [0.25, 0.3) is 16.3 Å². The predicted octanol–water partition coefficient (Wildman–Crippen LogP) is 2.90. The van der Waals surface area contributed by atoms with Crippen LogP contribution < -0.4 is 9.62 Å². The van der Waals surface area contributed by atoms with Gasteiger partial charge in [0.2, 0.25) is 20.9 Å². The van der Waals surface area contributed by atoms with Gasteiger partial charge in [0, 0.05) is 37.8 Å². The number of carbonyl (C=O) groups is 1. The molecule has 4 heterocycles. The second-order valence-electron chi connectivity index (χ2n) is 10.1. The number of imidazole rings is 1. The molecule has 1 unspecified atom stereocenters. The molecule has 2 aliphatic rings. The molecule has 1 aliphatic heterocycles. The lowest BCUT2D eigenvalue weighted by molar-refractivity contribution is -0.138. The Morgan fingerprint density at radius 2 is 2.00 bits per heavy atom. The lowest BCUT2D eigenvalue weighted by Crippen LogP contribution is -2.54. The van der Waals surface area contributed by atoms with Crippen molar-refractivity contribution >= 4 is 38.5 Å². The number of sulfonamides is 1. The molecular formula is C23H25F3N8O3S2. The fourth-order valence-corrected chi connectivity index (χ4v) is 6.67. The number of carbonyl (C=O) groups excluding carboxylic acids is 1. The molecule has 208 valence electrons. The van der Waals surface area contributed by atoms with Crippen LogP contribution >= 0.6 is 11.3 Å². The molecule has 39 heavy (non-hydrogen) atoms. The number of nitriles is 1. The van der Waals surface area contributed by atoms with Gasteiger partial charge in [0.1, 0.15) is 10.4 Å². The third-order valence-electron chi connectivity index (χ3n) is 6.80. The molecule has 0 spiro atoms. The Balaban J connectivity index is 1.61. The fraction of sp³-hybridized carbons (Fsp3) is 0.522. The van der Waals surface area contributed by atoms with Crippen molar-refractivity contribution in [1.29, 1.82) is 5.26 Å². The first kappa shape index (κ1) is 27.3. The monoisotopic (exact) mass is 582 g/mol. The van der Waals surface area contributed by atoms with Gasteiger partial charge in [-0.3, -0.25) is 9.20 Å². The average molecular weight is 583 g/mol. The van der Waals surface area contributed by atoms with E-state index in [2.05, 4.69) is 19.9 Å². The molecule has 3 aromatic rings. The molecule has 1 atom stereocenters. The smallest absolute Gasteiger partial charge is 0.363 e. The average Bonchev–Trinajstić information content (AvgIpc) is 3.25. The molecule has 16 heteroatoms.